The molecule has 188 valence electrons. The quantitative estimate of drug-likeness (QED) is 0.298. The number of rotatable bonds is 7. The summed E-state index contributed by atoms with van der Waals surface area (Å²) in [5.74, 6) is -2.87. The SMILES string of the molecule is Cl.Cl.[2H]C([2H])(OC(=O)c1ccc(C)cc1C)c1ccc([C@H](C(=O)Nc2ccc3cnccc3c2)C([2H])([2H])N)cc1. The van der Waals surface area contributed by atoms with Crippen molar-refractivity contribution in [2.45, 2.75) is 26.3 Å². The van der Waals surface area contributed by atoms with E-state index in [0.29, 0.717) is 11.3 Å². The minimum atomic E-state index is -2.47. The maximum atomic E-state index is 13.1. The van der Waals surface area contributed by atoms with Crippen molar-refractivity contribution in [1.29, 1.82) is 0 Å². The molecule has 0 aliphatic heterocycles. The largest absolute Gasteiger partial charge is 0.457 e. The van der Waals surface area contributed by atoms with Gasteiger partial charge in [0.25, 0.3) is 0 Å². The van der Waals surface area contributed by atoms with E-state index in [4.69, 9.17) is 16.0 Å². The molecule has 0 bridgehead atoms. The lowest BCUT2D eigenvalue weighted by Crippen LogP contribution is -2.27. The van der Waals surface area contributed by atoms with Gasteiger partial charge in [0.15, 0.2) is 0 Å². The fourth-order valence-corrected chi connectivity index (χ4v) is 3.65. The molecule has 0 radical (unpaired) electrons. The number of anilines is 1. The van der Waals surface area contributed by atoms with Gasteiger partial charge in [0.05, 0.1) is 14.2 Å². The summed E-state index contributed by atoms with van der Waals surface area (Å²) in [6.07, 6.45) is 3.33. The van der Waals surface area contributed by atoms with Crippen LogP contribution in [-0.2, 0) is 16.1 Å². The topological polar surface area (TPSA) is 94.3 Å². The van der Waals surface area contributed by atoms with Gasteiger partial charge in [-0.3, -0.25) is 9.78 Å². The van der Waals surface area contributed by atoms with Crippen LogP contribution in [0.25, 0.3) is 10.8 Å². The number of carbonyl (C=O) groups is 2. The number of nitrogens with one attached hydrogen (secondary N) is 1. The number of hydrogen-bond acceptors (Lipinski definition) is 5. The Hall–Kier alpha value is -3.45. The van der Waals surface area contributed by atoms with Gasteiger partial charge in [-0.1, -0.05) is 48.0 Å². The lowest BCUT2D eigenvalue weighted by molar-refractivity contribution is -0.117. The zero-order chi connectivity index (χ0) is 27.7. The summed E-state index contributed by atoms with van der Waals surface area (Å²) in [4.78, 5) is 29.8. The van der Waals surface area contributed by atoms with Crippen molar-refractivity contribution < 1.29 is 19.8 Å². The van der Waals surface area contributed by atoms with Gasteiger partial charge in [-0.05, 0) is 60.2 Å². The predicted octanol–water partition coefficient (Wildman–Crippen LogP) is 5.73. The summed E-state index contributed by atoms with van der Waals surface area (Å²) in [6.45, 7) is -1.25. The zero-order valence-electron chi connectivity index (χ0n) is 23.6. The molecule has 4 aromatic rings. The summed E-state index contributed by atoms with van der Waals surface area (Å²) in [5.41, 5.74) is 8.38. The molecule has 8 heteroatoms. The maximum absolute atomic E-state index is 13.1. The van der Waals surface area contributed by atoms with E-state index in [2.05, 4.69) is 10.3 Å². The average molecular weight is 530 g/mol. The first-order chi connectivity index (χ1) is 17.8. The highest BCUT2D eigenvalue weighted by Gasteiger charge is 2.19. The monoisotopic (exact) mass is 529 g/mol. The minimum Gasteiger partial charge on any atom is -0.457 e. The molecule has 0 saturated heterocycles. The van der Waals surface area contributed by atoms with Gasteiger partial charge in [-0.15, -0.1) is 24.8 Å². The summed E-state index contributed by atoms with van der Waals surface area (Å²) in [7, 11) is 0. The Morgan fingerprint density at radius 2 is 1.75 bits per heavy atom. The number of carbonyl (C=O) groups excluding carboxylic acids is 2. The first kappa shape index (κ1) is 23.0. The van der Waals surface area contributed by atoms with Crippen LogP contribution < -0.4 is 11.1 Å². The zero-order valence-corrected chi connectivity index (χ0v) is 21.3. The highest BCUT2D eigenvalue weighted by Crippen LogP contribution is 2.22. The number of benzene rings is 3. The second-order valence-electron chi connectivity index (χ2n) is 7.96. The third-order valence-electron chi connectivity index (χ3n) is 5.44. The molecule has 1 atom stereocenters. The highest BCUT2D eigenvalue weighted by atomic mass is 35.5. The molecule has 0 unspecified atom stereocenters. The number of nitrogens with two attached hydrogens (primary N) is 1. The number of nitrogens with zero attached hydrogens (tertiary/aromatic N) is 1. The smallest absolute Gasteiger partial charge is 0.338 e. The number of halogens is 2. The van der Waals surface area contributed by atoms with Gasteiger partial charge in [0.2, 0.25) is 5.91 Å². The van der Waals surface area contributed by atoms with E-state index >= 15 is 0 Å². The van der Waals surface area contributed by atoms with Gasteiger partial charge in [-0.25, -0.2) is 4.79 Å². The normalized spacial score (nSPS) is 13.5. The summed E-state index contributed by atoms with van der Waals surface area (Å²) < 4.78 is 37.9. The van der Waals surface area contributed by atoms with Crippen LogP contribution in [0.15, 0.2) is 79.1 Å². The van der Waals surface area contributed by atoms with Crippen LogP contribution in [0, 0.1) is 13.8 Å². The molecule has 1 heterocycles. The molecule has 6 nitrogen and oxygen atoms in total. The Morgan fingerprint density at radius 3 is 2.44 bits per heavy atom. The van der Waals surface area contributed by atoms with Crippen LogP contribution in [0.5, 0.6) is 0 Å². The molecule has 0 fully saturated rings. The second-order valence-corrected chi connectivity index (χ2v) is 7.96. The van der Waals surface area contributed by atoms with Gasteiger partial charge in [-0.2, -0.15) is 0 Å². The van der Waals surface area contributed by atoms with Crippen molar-refractivity contribution >= 4 is 53.2 Å². The number of ether oxygens (including phenoxy) is 1. The highest BCUT2D eigenvalue weighted by molar-refractivity contribution is 5.98. The van der Waals surface area contributed by atoms with Crippen LogP contribution in [0.3, 0.4) is 0 Å². The summed E-state index contributed by atoms with van der Waals surface area (Å²) >= 11 is 0. The van der Waals surface area contributed by atoms with Gasteiger partial charge in [0, 0.05) is 32.7 Å². The third-order valence-corrected chi connectivity index (χ3v) is 5.44. The van der Waals surface area contributed by atoms with Crippen LogP contribution >= 0.6 is 24.8 Å². The first-order valence-electron chi connectivity index (χ1n) is 12.7. The molecular formula is C28H29Cl2N3O3. The van der Waals surface area contributed by atoms with E-state index < -0.39 is 30.9 Å². The van der Waals surface area contributed by atoms with Gasteiger partial charge < -0.3 is 15.8 Å². The number of pyridine rings is 1. The van der Waals surface area contributed by atoms with Crippen LogP contribution in [0.1, 0.15) is 44.0 Å². The number of fused-ring (bicyclic) bond motifs is 1. The minimum absolute atomic E-state index is 0. The van der Waals surface area contributed by atoms with E-state index in [1.807, 2.05) is 13.0 Å². The van der Waals surface area contributed by atoms with Gasteiger partial charge >= 0.3 is 5.97 Å². The molecule has 0 saturated carbocycles. The summed E-state index contributed by atoms with van der Waals surface area (Å²) in [5, 5.41) is 4.46. The number of aryl methyl sites for hydroxylation is 2. The second kappa shape index (κ2) is 13.0. The number of amides is 1. The standard InChI is InChI=1S/C28H27N3O3.2ClH/c1-18-3-10-25(19(2)13-18)28(33)34-17-20-4-6-21(7-5-20)26(15-29)27(32)31-24-9-8-23-16-30-12-11-22(23)14-24;;/h3-14,16,26H,15,17,29H2,1-2H3,(H,31,32);2*1H/t26-;;/m1../s1/i15D2,17D2;;. The molecule has 0 aliphatic rings. The molecule has 1 amide bonds. The van der Waals surface area contributed by atoms with E-state index in [1.54, 1.807) is 55.7 Å². The Kier molecular flexibility index (Phi) is 8.31. The molecule has 36 heavy (non-hydrogen) atoms. The summed E-state index contributed by atoms with van der Waals surface area (Å²) in [6, 6.07) is 17.7. The Morgan fingerprint density at radius 1 is 1.00 bits per heavy atom. The van der Waals surface area contributed by atoms with Crippen molar-refractivity contribution in [2.75, 3.05) is 11.8 Å². The molecule has 0 spiro atoms. The Balaban J connectivity index is 0.00000280. The molecule has 3 N–H and O–H groups in total. The lowest BCUT2D eigenvalue weighted by atomic mass is 9.97. The Bertz CT molecular complexity index is 1510. The van der Waals surface area contributed by atoms with E-state index in [0.717, 1.165) is 16.3 Å². The van der Waals surface area contributed by atoms with Crippen molar-refractivity contribution in [3.8, 4) is 0 Å². The van der Waals surface area contributed by atoms with Crippen LogP contribution in [-0.4, -0.2) is 23.4 Å². The third kappa shape index (κ3) is 6.82. The van der Waals surface area contributed by atoms with Crippen molar-refractivity contribution in [2.24, 2.45) is 5.73 Å². The predicted molar refractivity (Wildman–Crippen MR) is 148 cm³/mol. The van der Waals surface area contributed by atoms with Crippen molar-refractivity contribution in [3.05, 3.63) is 107 Å². The van der Waals surface area contributed by atoms with E-state index in [9.17, 15) is 9.59 Å². The molecule has 1 aromatic heterocycles. The van der Waals surface area contributed by atoms with Crippen molar-refractivity contribution in [3.63, 3.8) is 0 Å². The Labute approximate surface area is 228 Å². The molecule has 0 aliphatic carbocycles. The maximum Gasteiger partial charge on any atom is 0.338 e. The average Bonchev–Trinajstić information content (AvgIpc) is 2.83. The van der Waals surface area contributed by atoms with Crippen LogP contribution in [0.2, 0.25) is 0 Å². The van der Waals surface area contributed by atoms with E-state index in [1.165, 1.54) is 24.3 Å². The number of aromatic nitrogens is 1. The van der Waals surface area contributed by atoms with E-state index in [-0.39, 0.29) is 41.5 Å². The lowest BCUT2D eigenvalue weighted by Gasteiger charge is -2.16. The number of esters is 1. The van der Waals surface area contributed by atoms with Gasteiger partial charge in [0.1, 0.15) is 6.56 Å². The van der Waals surface area contributed by atoms with Crippen LogP contribution in [0.4, 0.5) is 5.69 Å². The first-order valence-corrected chi connectivity index (χ1v) is 10.7. The fraction of sp³-hybridized carbons (Fsp3) is 0.179. The van der Waals surface area contributed by atoms with Crippen molar-refractivity contribution in [1.82, 2.24) is 4.98 Å². The number of hydrogen-bond donors (Lipinski definition) is 2. The molecule has 3 aromatic carbocycles. The fourth-order valence-electron chi connectivity index (χ4n) is 3.65. The molecular weight excluding hydrogens is 497 g/mol. The molecule has 4 rings (SSSR count).